The van der Waals surface area contributed by atoms with E-state index in [0.29, 0.717) is 12.0 Å². The molecule has 2 saturated heterocycles. The molecule has 2 aliphatic rings. The Bertz CT molecular complexity index is 564. The first kappa shape index (κ1) is 16.8. The van der Waals surface area contributed by atoms with E-state index in [0.717, 1.165) is 38.3 Å². The van der Waals surface area contributed by atoms with E-state index in [4.69, 9.17) is 0 Å². The number of nitrogens with one attached hydrogen (secondary N) is 1. The van der Waals surface area contributed by atoms with Gasteiger partial charge in [0.05, 0.1) is 0 Å². The van der Waals surface area contributed by atoms with Crippen LogP contribution < -0.4 is 10.2 Å². The Morgan fingerprint density at radius 1 is 1.32 bits per heavy atom. The van der Waals surface area contributed by atoms with Crippen molar-refractivity contribution in [2.75, 3.05) is 31.1 Å². The maximum Gasteiger partial charge on any atom is 0.254 e. The van der Waals surface area contributed by atoms with E-state index in [1.807, 2.05) is 29.2 Å². The Kier molecular flexibility index (Phi) is 5.42. The summed E-state index contributed by atoms with van der Waals surface area (Å²) in [6, 6.07) is 7.65. The zero-order valence-corrected chi connectivity index (χ0v) is 13.6. The summed E-state index contributed by atoms with van der Waals surface area (Å²) in [7, 11) is 0. The average Bonchev–Trinajstić information content (AvgIpc) is 2.93. The number of anilines is 1. The second-order valence-corrected chi connectivity index (χ2v) is 5.75. The Balaban J connectivity index is 0.00000176. The van der Waals surface area contributed by atoms with Crippen molar-refractivity contribution in [3.63, 3.8) is 0 Å². The molecule has 2 aliphatic heterocycles. The molecule has 0 bridgehead atoms. The van der Waals surface area contributed by atoms with Crippen molar-refractivity contribution < 1.29 is 9.59 Å². The van der Waals surface area contributed by atoms with Gasteiger partial charge in [-0.15, -0.1) is 12.4 Å². The topological polar surface area (TPSA) is 52.7 Å². The minimum Gasteiger partial charge on any atom is -0.333 e. The van der Waals surface area contributed by atoms with Gasteiger partial charge >= 0.3 is 0 Å². The van der Waals surface area contributed by atoms with E-state index in [-0.39, 0.29) is 30.3 Å². The van der Waals surface area contributed by atoms with E-state index >= 15 is 0 Å². The summed E-state index contributed by atoms with van der Waals surface area (Å²) in [5.74, 6) is 0.202. The van der Waals surface area contributed by atoms with Crippen molar-refractivity contribution in [1.82, 2.24) is 10.2 Å². The third kappa shape index (κ3) is 3.25. The molecule has 0 aliphatic carbocycles. The minimum atomic E-state index is 0. The zero-order chi connectivity index (χ0) is 14.8. The fourth-order valence-corrected chi connectivity index (χ4v) is 3.04. The largest absolute Gasteiger partial charge is 0.333 e. The van der Waals surface area contributed by atoms with Crippen molar-refractivity contribution in [1.29, 1.82) is 0 Å². The van der Waals surface area contributed by atoms with Gasteiger partial charge in [0, 0.05) is 49.9 Å². The average molecular weight is 324 g/mol. The summed E-state index contributed by atoms with van der Waals surface area (Å²) in [4.78, 5) is 28.2. The van der Waals surface area contributed by atoms with Crippen molar-refractivity contribution in [2.45, 2.75) is 25.8 Å². The fourth-order valence-electron chi connectivity index (χ4n) is 3.04. The molecule has 2 amide bonds. The van der Waals surface area contributed by atoms with Gasteiger partial charge in [0.1, 0.15) is 0 Å². The molecule has 22 heavy (non-hydrogen) atoms. The van der Waals surface area contributed by atoms with E-state index in [9.17, 15) is 9.59 Å². The molecule has 120 valence electrons. The standard InChI is InChI=1S/C16H21N3O2.ClH/c1-12-11-17-7-9-18(12)16(21)13-4-2-5-14(10-13)19-8-3-6-15(19)20;/h2,4-5,10,12,17H,3,6-9,11H2,1H3;1H/t12-;/m1./s1. The van der Waals surface area contributed by atoms with Crippen molar-refractivity contribution in [2.24, 2.45) is 0 Å². The molecule has 0 unspecified atom stereocenters. The number of piperazine rings is 1. The van der Waals surface area contributed by atoms with Gasteiger partial charge < -0.3 is 15.1 Å². The quantitative estimate of drug-likeness (QED) is 0.900. The lowest BCUT2D eigenvalue weighted by atomic mass is 10.1. The van der Waals surface area contributed by atoms with Crippen LogP contribution in [0, 0.1) is 0 Å². The number of benzene rings is 1. The van der Waals surface area contributed by atoms with Crippen LogP contribution in [0.15, 0.2) is 24.3 Å². The number of halogens is 1. The second-order valence-electron chi connectivity index (χ2n) is 5.75. The molecule has 1 N–H and O–H groups in total. The summed E-state index contributed by atoms with van der Waals surface area (Å²) in [6.45, 7) is 5.20. The first-order chi connectivity index (χ1) is 10.2. The van der Waals surface area contributed by atoms with Crippen LogP contribution in [0.25, 0.3) is 0 Å². The van der Waals surface area contributed by atoms with Gasteiger partial charge in [0.25, 0.3) is 5.91 Å². The van der Waals surface area contributed by atoms with E-state index in [1.165, 1.54) is 0 Å². The van der Waals surface area contributed by atoms with Gasteiger partial charge in [-0.25, -0.2) is 0 Å². The summed E-state index contributed by atoms with van der Waals surface area (Å²) in [5.41, 5.74) is 1.51. The molecule has 0 aromatic heterocycles. The number of amides is 2. The van der Waals surface area contributed by atoms with Gasteiger partial charge in [-0.3, -0.25) is 9.59 Å². The highest BCUT2D eigenvalue weighted by Crippen LogP contribution is 2.23. The predicted octanol–water partition coefficient (Wildman–Crippen LogP) is 1.67. The van der Waals surface area contributed by atoms with Gasteiger partial charge in [0.2, 0.25) is 5.91 Å². The van der Waals surface area contributed by atoms with Crippen molar-refractivity contribution in [3.05, 3.63) is 29.8 Å². The van der Waals surface area contributed by atoms with E-state index in [2.05, 4.69) is 12.2 Å². The highest BCUT2D eigenvalue weighted by Gasteiger charge is 2.26. The van der Waals surface area contributed by atoms with Crippen LogP contribution in [0.2, 0.25) is 0 Å². The number of hydrogen-bond acceptors (Lipinski definition) is 3. The highest BCUT2D eigenvalue weighted by molar-refractivity contribution is 5.99. The fraction of sp³-hybridized carbons (Fsp3) is 0.500. The minimum absolute atomic E-state index is 0. The Morgan fingerprint density at radius 3 is 2.82 bits per heavy atom. The van der Waals surface area contributed by atoms with Crippen LogP contribution in [0.5, 0.6) is 0 Å². The second kappa shape index (κ2) is 7.11. The van der Waals surface area contributed by atoms with Crippen LogP contribution in [0.4, 0.5) is 5.69 Å². The third-order valence-electron chi connectivity index (χ3n) is 4.24. The maximum atomic E-state index is 12.7. The van der Waals surface area contributed by atoms with Gasteiger partial charge in [-0.05, 0) is 31.5 Å². The van der Waals surface area contributed by atoms with Crippen LogP contribution in [-0.4, -0.2) is 48.9 Å². The molecule has 1 aromatic carbocycles. The van der Waals surface area contributed by atoms with Crippen LogP contribution in [-0.2, 0) is 4.79 Å². The van der Waals surface area contributed by atoms with Crippen LogP contribution in [0.3, 0.4) is 0 Å². The third-order valence-corrected chi connectivity index (χ3v) is 4.24. The van der Waals surface area contributed by atoms with E-state index < -0.39 is 0 Å². The molecular weight excluding hydrogens is 302 g/mol. The zero-order valence-electron chi connectivity index (χ0n) is 12.7. The van der Waals surface area contributed by atoms with Crippen LogP contribution >= 0.6 is 12.4 Å². The monoisotopic (exact) mass is 323 g/mol. The molecule has 0 radical (unpaired) electrons. The Morgan fingerprint density at radius 2 is 2.14 bits per heavy atom. The Hall–Kier alpha value is -1.59. The lowest BCUT2D eigenvalue weighted by molar-refractivity contribution is -0.117. The molecule has 2 fully saturated rings. The summed E-state index contributed by atoms with van der Waals surface area (Å²) in [5, 5.41) is 3.29. The van der Waals surface area contributed by atoms with Crippen molar-refractivity contribution >= 4 is 29.9 Å². The lowest BCUT2D eigenvalue weighted by Gasteiger charge is -2.34. The SMILES string of the molecule is C[C@@H]1CNCCN1C(=O)c1cccc(N2CCCC2=O)c1.Cl. The summed E-state index contributed by atoms with van der Waals surface area (Å²) in [6.07, 6.45) is 1.50. The molecule has 5 nitrogen and oxygen atoms in total. The first-order valence-electron chi connectivity index (χ1n) is 7.59. The molecule has 1 aromatic rings. The Labute approximate surface area is 137 Å². The molecule has 3 rings (SSSR count). The molecule has 6 heteroatoms. The summed E-state index contributed by atoms with van der Waals surface area (Å²) < 4.78 is 0. The highest BCUT2D eigenvalue weighted by atomic mass is 35.5. The van der Waals surface area contributed by atoms with Gasteiger partial charge in [-0.1, -0.05) is 6.07 Å². The lowest BCUT2D eigenvalue weighted by Crippen LogP contribution is -2.52. The van der Waals surface area contributed by atoms with Gasteiger partial charge in [0.15, 0.2) is 0 Å². The normalized spacial score (nSPS) is 21.7. The molecule has 1 atom stereocenters. The molecule has 0 spiro atoms. The number of carbonyl (C=O) groups excluding carboxylic acids is 2. The van der Waals surface area contributed by atoms with E-state index in [1.54, 1.807) is 4.90 Å². The smallest absolute Gasteiger partial charge is 0.254 e. The summed E-state index contributed by atoms with van der Waals surface area (Å²) >= 11 is 0. The van der Waals surface area contributed by atoms with Gasteiger partial charge in [-0.2, -0.15) is 0 Å². The predicted molar refractivity (Wildman–Crippen MR) is 88.6 cm³/mol. The molecule has 0 saturated carbocycles. The number of rotatable bonds is 2. The van der Waals surface area contributed by atoms with Crippen molar-refractivity contribution in [3.8, 4) is 0 Å². The van der Waals surface area contributed by atoms with Crippen LogP contribution in [0.1, 0.15) is 30.1 Å². The number of hydrogen-bond donors (Lipinski definition) is 1. The molecular formula is C16H22ClN3O2. The number of carbonyl (C=O) groups is 2. The molecule has 2 heterocycles. The first-order valence-corrected chi connectivity index (χ1v) is 7.59. The number of nitrogens with zero attached hydrogens (tertiary/aromatic N) is 2. The maximum absolute atomic E-state index is 12.7.